The number of hydrogen-bond acceptors (Lipinski definition) is 8. The number of fused-ring (bicyclic) bond motifs is 1. The number of nitrogens with one attached hydrogen (secondary N) is 1. The van der Waals surface area contributed by atoms with E-state index in [0.717, 1.165) is 22.3 Å². The molecule has 2 unspecified atom stereocenters. The number of rotatable bonds is 12. The normalized spacial score (nSPS) is 13.1. The smallest absolute Gasteiger partial charge is 0.344 e. The van der Waals surface area contributed by atoms with Crippen molar-refractivity contribution in [3.8, 4) is 5.75 Å². The number of benzene rings is 3. The molecule has 3 aromatic carbocycles. The van der Waals surface area contributed by atoms with Crippen molar-refractivity contribution in [1.82, 2.24) is 5.32 Å². The van der Waals surface area contributed by atoms with Crippen LogP contribution in [0.15, 0.2) is 88.5 Å². The molecular formula is C34H36N2O7. The number of furan rings is 1. The van der Waals surface area contributed by atoms with E-state index in [2.05, 4.69) is 5.32 Å². The number of amides is 1. The average molecular weight is 585 g/mol. The molecule has 0 aliphatic rings. The molecule has 0 aliphatic heterocycles. The molecule has 0 radical (unpaired) electrons. The summed E-state index contributed by atoms with van der Waals surface area (Å²) in [5, 5.41) is 14.6. The van der Waals surface area contributed by atoms with Gasteiger partial charge < -0.3 is 30.0 Å². The zero-order valence-electron chi connectivity index (χ0n) is 24.7. The predicted octanol–water partition coefficient (Wildman–Crippen LogP) is 4.99. The molecule has 9 nitrogen and oxygen atoms in total. The molecule has 0 aliphatic carbocycles. The fraction of sp³-hybridized carbons (Fsp3) is 0.265. The van der Waals surface area contributed by atoms with Crippen LogP contribution in [0.2, 0.25) is 0 Å². The highest BCUT2D eigenvalue weighted by atomic mass is 16.6. The molecule has 0 spiro atoms. The van der Waals surface area contributed by atoms with E-state index < -0.39 is 18.1 Å². The molecule has 4 N–H and O–H groups in total. The van der Waals surface area contributed by atoms with Crippen molar-refractivity contribution >= 4 is 28.6 Å². The lowest BCUT2D eigenvalue weighted by Gasteiger charge is -2.22. The number of aliphatic hydroxyl groups is 1. The summed E-state index contributed by atoms with van der Waals surface area (Å²) in [5.74, 6) is -0.256. The van der Waals surface area contributed by atoms with Crippen molar-refractivity contribution < 1.29 is 33.4 Å². The van der Waals surface area contributed by atoms with E-state index in [-0.39, 0.29) is 48.4 Å². The lowest BCUT2D eigenvalue weighted by atomic mass is 9.94. The number of carbonyl (C=O) groups is 3. The minimum Gasteiger partial charge on any atom is -0.482 e. The highest BCUT2D eigenvalue weighted by molar-refractivity contribution is 5.95. The number of esters is 1. The van der Waals surface area contributed by atoms with Gasteiger partial charge in [0.2, 0.25) is 5.91 Å². The zero-order valence-corrected chi connectivity index (χ0v) is 24.7. The second-order valence-electron chi connectivity index (χ2n) is 10.3. The van der Waals surface area contributed by atoms with Crippen LogP contribution in [0.5, 0.6) is 5.75 Å². The Hall–Kier alpha value is -4.89. The molecule has 1 heterocycles. The summed E-state index contributed by atoms with van der Waals surface area (Å²) in [6.07, 6.45) is -1.19. The number of carbonyl (C=O) groups excluding carboxylic acids is 3. The first-order chi connectivity index (χ1) is 20.6. The minimum atomic E-state index is -1.29. The van der Waals surface area contributed by atoms with Crippen LogP contribution in [-0.2, 0) is 25.5 Å². The third-order valence-corrected chi connectivity index (χ3v) is 6.96. The largest absolute Gasteiger partial charge is 0.482 e. The summed E-state index contributed by atoms with van der Waals surface area (Å²) < 4.78 is 16.3. The summed E-state index contributed by atoms with van der Waals surface area (Å²) in [6.45, 7) is 6.65. The molecule has 0 saturated carbocycles. The molecule has 9 heteroatoms. The van der Waals surface area contributed by atoms with Crippen LogP contribution < -0.4 is 15.8 Å². The van der Waals surface area contributed by atoms with E-state index in [4.69, 9.17) is 19.6 Å². The van der Waals surface area contributed by atoms with Crippen molar-refractivity contribution in [2.75, 3.05) is 13.2 Å². The van der Waals surface area contributed by atoms with Gasteiger partial charge in [-0.1, -0.05) is 42.5 Å². The van der Waals surface area contributed by atoms with E-state index in [0.29, 0.717) is 16.7 Å². The van der Waals surface area contributed by atoms with Crippen LogP contribution in [0, 0.1) is 6.92 Å². The molecule has 0 bridgehead atoms. The van der Waals surface area contributed by atoms with Gasteiger partial charge in [0.25, 0.3) is 0 Å². The molecule has 1 aromatic heterocycles. The first kappa shape index (κ1) is 31.1. The van der Waals surface area contributed by atoms with Crippen molar-refractivity contribution in [2.45, 2.75) is 46.3 Å². The van der Waals surface area contributed by atoms with E-state index in [1.54, 1.807) is 38.1 Å². The summed E-state index contributed by atoms with van der Waals surface area (Å²) in [4.78, 5) is 37.0. The second-order valence-corrected chi connectivity index (χ2v) is 10.3. The Morgan fingerprint density at radius 2 is 1.74 bits per heavy atom. The Morgan fingerprint density at radius 3 is 2.40 bits per heavy atom. The van der Waals surface area contributed by atoms with Crippen LogP contribution in [0.25, 0.3) is 11.0 Å². The highest BCUT2D eigenvalue weighted by Crippen LogP contribution is 2.31. The number of nitrogens with two attached hydrogens (primary N) is 1. The summed E-state index contributed by atoms with van der Waals surface area (Å²) in [5.41, 5.74) is 10.1. The van der Waals surface area contributed by atoms with Crippen LogP contribution in [0.3, 0.4) is 0 Å². The maximum Gasteiger partial charge on any atom is 0.344 e. The molecule has 1 amide bonds. The van der Waals surface area contributed by atoms with Gasteiger partial charge in [-0.3, -0.25) is 9.59 Å². The third-order valence-electron chi connectivity index (χ3n) is 6.96. The van der Waals surface area contributed by atoms with Gasteiger partial charge in [-0.2, -0.15) is 0 Å². The highest BCUT2D eigenvalue weighted by Gasteiger charge is 2.24. The lowest BCUT2D eigenvalue weighted by Crippen LogP contribution is -2.31. The first-order valence-electron chi connectivity index (χ1n) is 14.0. The first-order valence-corrected chi connectivity index (χ1v) is 14.0. The van der Waals surface area contributed by atoms with E-state index in [1.165, 1.54) is 6.92 Å². The number of ether oxygens (including phenoxy) is 2. The van der Waals surface area contributed by atoms with Crippen LogP contribution in [-0.4, -0.2) is 36.0 Å². The number of allylic oxidation sites excluding steroid dienone is 1. The minimum absolute atomic E-state index is 0.0829. The summed E-state index contributed by atoms with van der Waals surface area (Å²) in [7, 11) is 0. The van der Waals surface area contributed by atoms with Gasteiger partial charge in [0.1, 0.15) is 23.2 Å². The molecule has 0 saturated heterocycles. The Bertz CT molecular complexity index is 1650. The molecule has 2 atom stereocenters. The second kappa shape index (κ2) is 13.8. The van der Waals surface area contributed by atoms with Crippen LogP contribution >= 0.6 is 0 Å². The standard InChI is InChI=1S/C34H36N2O7/c1-5-41-31(39)19-42-26-12-13-27(20(2)15-26)33(24-9-7-6-8-10-24)36-30(38)17-23-11-14-28-25(16-23)18-29(43-28)34(40)32(21(3)35)22(4)37/h6-16,18,33-34,40H,5,17,19,35H2,1-4H3,(H,36,38). The van der Waals surface area contributed by atoms with Crippen molar-refractivity contribution in [3.63, 3.8) is 0 Å². The van der Waals surface area contributed by atoms with E-state index >= 15 is 0 Å². The van der Waals surface area contributed by atoms with E-state index in [9.17, 15) is 19.5 Å². The quantitative estimate of drug-likeness (QED) is 0.156. The Balaban J connectivity index is 1.53. The van der Waals surface area contributed by atoms with Gasteiger partial charge in [0.15, 0.2) is 12.4 Å². The van der Waals surface area contributed by atoms with Gasteiger partial charge in [-0.15, -0.1) is 0 Å². The topological polar surface area (TPSA) is 141 Å². The summed E-state index contributed by atoms with van der Waals surface area (Å²) >= 11 is 0. The van der Waals surface area contributed by atoms with Gasteiger partial charge in [0.05, 0.1) is 19.1 Å². The number of aliphatic hydroxyl groups excluding tert-OH is 1. The van der Waals surface area contributed by atoms with Crippen molar-refractivity contribution in [1.29, 1.82) is 0 Å². The van der Waals surface area contributed by atoms with Crippen LogP contribution in [0.4, 0.5) is 0 Å². The fourth-order valence-corrected chi connectivity index (χ4v) is 4.98. The van der Waals surface area contributed by atoms with Crippen molar-refractivity contribution in [2.24, 2.45) is 5.73 Å². The Kier molecular flexibility index (Phi) is 10.0. The number of hydrogen-bond donors (Lipinski definition) is 3. The van der Waals surface area contributed by atoms with Crippen LogP contribution in [0.1, 0.15) is 60.9 Å². The van der Waals surface area contributed by atoms with Crippen molar-refractivity contribution in [3.05, 3.63) is 112 Å². The maximum absolute atomic E-state index is 13.4. The van der Waals surface area contributed by atoms with Gasteiger partial charge in [-0.25, -0.2) is 4.79 Å². The van der Waals surface area contributed by atoms with Gasteiger partial charge in [-0.05, 0) is 80.3 Å². The molecule has 0 fully saturated rings. The third kappa shape index (κ3) is 7.69. The molecular weight excluding hydrogens is 548 g/mol. The molecule has 43 heavy (non-hydrogen) atoms. The fourth-order valence-electron chi connectivity index (χ4n) is 4.98. The molecule has 4 rings (SSSR count). The summed E-state index contributed by atoms with van der Waals surface area (Å²) in [6, 6.07) is 21.7. The lowest BCUT2D eigenvalue weighted by molar-refractivity contribution is -0.145. The SMILES string of the molecule is CCOC(=O)COc1ccc(C(NC(=O)Cc2ccc3oc(C(O)C(C(C)=O)=C(C)N)cc3c2)c2ccccc2)c(C)c1. The Labute approximate surface area is 250 Å². The van der Waals surface area contributed by atoms with Gasteiger partial charge >= 0.3 is 5.97 Å². The molecule has 4 aromatic rings. The monoisotopic (exact) mass is 584 g/mol. The number of ketones is 1. The zero-order chi connectivity index (χ0) is 31.1. The number of aryl methyl sites for hydroxylation is 1. The average Bonchev–Trinajstić information content (AvgIpc) is 3.39. The Morgan fingerprint density at radius 1 is 1.00 bits per heavy atom. The molecule has 224 valence electrons. The maximum atomic E-state index is 13.4. The number of Topliss-reactive ketones (excluding diaryl/α,β-unsaturated/α-hetero) is 1. The predicted molar refractivity (Wildman–Crippen MR) is 162 cm³/mol. The van der Waals surface area contributed by atoms with E-state index in [1.807, 2.05) is 55.5 Å². The van der Waals surface area contributed by atoms with Gasteiger partial charge in [0, 0.05) is 16.7 Å².